The van der Waals surface area contributed by atoms with Crippen LogP contribution in [0.1, 0.15) is 11.1 Å². The third-order valence-corrected chi connectivity index (χ3v) is 4.64. The quantitative estimate of drug-likeness (QED) is 0.516. The van der Waals surface area contributed by atoms with Gasteiger partial charge in [-0.25, -0.2) is 4.68 Å². The summed E-state index contributed by atoms with van der Waals surface area (Å²) < 4.78 is 6.70. The van der Waals surface area contributed by atoms with E-state index in [0.717, 1.165) is 41.3 Å². The van der Waals surface area contributed by atoms with E-state index in [9.17, 15) is 20.2 Å². The first-order chi connectivity index (χ1) is 13.0. The minimum absolute atomic E-state index is 0.185. The molecule has 27 heavy (non-hydrogen) atoms. The van der Waals surface area contributed by atoms with Crippen molar-refractivity contribution in [2.45, 2.75) is 12.8 Å². The van der Waals surface area contributed by atoms with Gasteiger partial charge in [0.05, 0.1) is 28.7 Å². The van der Waals surface area contributed by atoms with Gasteiger partial charge in [0.2, 0.25) is 0 Å². The molecule has 0 N–H and O–H groups in total. The molecule has 3 aromatic rings. The lowest BCUT2D eigenvalue weighted by Gasteiger charge is -2.15. The predicted molar refractivity (Wildman–Crippen MR) is 96.3 cm³/mol. The number of fused-ring (bicyclic) bond motifs is 3. The maximum atomic E-state index is 11.4. The van der Waals surface area contributed by atoms with E-state index in [0.29, 0.717) is 5.75 Å². The summed E-state index contributed by atoms with van der Waals surface area (Å²) in [7, 11) is 1.59. The number of hydrogen-bond acceptors (Lipinski definition) is 6. The van der Waals surface area contributed by atoms with Crippen LogP contribution in [0.5, 0.6) is 5.75 Å². The number of hydrogen-bond donors (Lipinski definition) is 0. The number of methoxy groups -OCH3 is 1. The van der Waals surface area contributed by atoms with Gasteiger partial charge in [-0.1, -0.05) is 6.07 Å². The minimum Gasteiger partial charge on any atom is -0.497 e. The average molecular weight is 366 g/mol. The van der Waals surface area contributed by atoms with Crippen LogP contribution in [0.15, 0.2) is 42.6 Å². The van der Waals surface area contributed by atoms with Gasteiger partial charge in [-0.15, -0.1) is 0 Å². The van der Waals surface area contributed by atoms with E-state index in [-0.39, 0.29) is 17.1 Å². The molecule has 0 aliphatic heterocycles. The van der Waals surface area contributed by atoms with E-state index in [1.807, 2.05) is 18.2 Å². The van der Waals surface area contributed by atoms with Crippen molar-refractivity contribution < 1.29 is 14.6 Å². The largest absolute Gasteiger partial charge is 0.497 e. The van der Waals surface area contributed by atoms with Crippen molar-refractivity contribution in [1.29, 1.82) is 0 Å². The van der Waals surface area contributed by atoms with E-state index in [1.165, 1.54) is 16.8 Å². The molecule has 9 nitrogen and oxygen atoms in total. The summed E-state index contributed by atoms with van der Waals surface area (Å²) in [4.78, 5) is 21.1. The third kappa shape index (κ3) is 2.78. The second-order valence-electron chi connectivity index (χ2n) is 6.16. The van der Waals surface area contributed by atoms with Gasteiger partial charge < -0.3 is 4.74 Å². The molecule has 0 spiro atoms. The normalized spacial score (nSPS) is 12.2. The van der Waals surface area contributed by atoms with Gasteiger partial charge in [0.15, 0.2) is 0 Å². The monoisotopic (exact) mass is 366 g/mol. The highest BCUT2D eigenvalue weighted by atomic mass is 16.6. The predicted octanol–water partition coefficient (Wildman–Crippen LogP) is 3.46. The molecule has 0 saturated carbocycles. The first kappa shape index (κ1) is 16.7. The number of non-ortho nitro benzene ring substituents is 1. The smallest absolute Gasteiger partial charge is 0.301 e. The fourth-order valence-corrected chi connectivity index (χ4v) is 3.30. The Morgan fingerprint density at radius 2 is 1.81 bits per heavy atom. The van der Waals surface area contributed by atoms with E-state index < -0.39 is 9.85 Å². The van der Waals surface area contributed by atoms with Crippen molar-refractivity contribution in [1.82, 2.24) is 9.78 Å². The number of aryl methyl sites for hydroxylation is 2. The van der Waals surface area contributed by atoms with Crippen LogP contribution in [0.25, 0.3) is 16.9 Å². The highest BCUT2D eigenvalue weighted by Gasteiger charge is 2.25. The van der Waals surface area contributed by atoms with Gasteiger partial charge in [0.25, 0.3) is 5.69 Å². The summed E-state index contributed by atoms with van der Waals surface area (Å²) in [5, 5.41) is 26.9. The molecule has 0 atom stereocenters. The maximum absolute atomic E-state index is 11.4. The second-order valence-corrected chi connectivity index (χ2v) is 6.16. The van der Waals surface area contributed by atoms with E-state index in [4.69, 9.17) is 4.74 Å². The molecule has 9 heteroatoms. The molecule has 2 aromatic carbocycles. The molecule has 136 valence electrons. The first-order valence-electron chi connectivity index (χ1n) is 8.17. The van der Waals surface area contributed by atoms with Gasteiger partial charge in [0.1, 0.15) is 11.4 Å². The molecule has 4 rings (SSSR count). The third-order valence-electron chi connectivity index (χ3n) is 4.64. The summed E-state index contributed by atoms with van der Waals surface area (Å²) in [6, 6.07) is 9.31. The first-order valence-corrected chi connectivity index (χ1v) is 8.17. The Hall–Kier alpha value is -3.75. The Morgan fingerprint density at radius 1 is 1.04 bits per heavy atom. The van der Waals surface area contributed by atoms with Crippen molar-refractivity contribution in [2.75, 3.05) is 7.11 Å². The minimum atomic E-state index is -0.659. The van der Waals surface area contributed by atoms with Crippen LogP contribution in [-0.2, 0) is 12.8 Å². The van der Waals surface area contributed by atoms with Gasteiger partial charge in [-0.05, 0) is 42.2 Å². The van der Waals surface area contributed by atoms with Crippen molar-refractivity contribution in [2.24, 2.45) is 0 Å². The summed E-state index contributed by atoms with van der Waals surface area (Å²) in [6.07, 6.45) is 3.34. The number of rotatable bonds is 4. The standard InChI is InChI=1S/C18H14N4O5/c1-27-14-6-4-11-2-3-12-10-20(19-18(12)15(11)9-14)16-7-5-13(21(23)24)8-17(16)22(25)26/h4-10H,2-3H2,1H3. The summed E-state index contributed by atoms with van der Waals surface area (Å²) in [5.74, 6) is 0.706. The van der Waals surface area contributed by atoms with Gasteiger partial charge in [-0.2, -0.15) is 5.10 Å². The van der Waals surface area contributed by atoms with Gasteiger partial charge in [-0.3, -0.25) is 20.2 Å². The molecule has 0 radical (unpaired) electrons. The molecule has 0 amide bonds. The van der Waals surface area contributed by atoms with Crippen LogP contribution in [0.4, 0.5) is 11.4 Å². The van der Waals surface area contributed by atoms with Crippen LogP contribution in [0.3, 0.4) is 0 Å². The molecule has 1 aromatic heterocycles. The van der Waals surface area contributed by atoms with Gasteiger partial charge in [0, 0.05) is 17.8 Å². The highest BCUT2D eigenvalue weighted by molar-refractivity contribution is 5.71. The topological polar surface area (TPSA) is 113 Å². The van der Waals surface area contributed by atoms with Crippen molar-refractivity contribution in [3.63, 3.8) is 0 Å². The van der Waals surface area contributed by atoms with Crippen molar-refractivity contribution in [3.05, 3.63) is 74.0 Å². The Labute approximate surface area is 153 Å². The lowest BCUT2D eigenvalue weighted by molar-refractivity contribution is -0.394. The van der Waals surface area contributed by atoms with Crippen LogP contribution in [0.2, 0.25) is 0 Å². The fourth-order valence-electron chi connectivity index (χ4n) is 3.30. The van der Waals surface area contributed by atoms with Crippen LogP contribution in [0, 0.1) is 20.2 Å². The molecule has 0 saturated heterocycles. The second kappa shape index (κ2) is 6.20. The molecule has 1 aliphatic carbocycles. The van der Waals surface area contributed by atoms with E-state index >= 15 is 0 Å². The Balaban J connectivity index is 1.85. The Kier molecular flexibility index (Phi) is 3.84. The molecular weight excluding hydrogens is 352 g/mol. The molecule has 0 unspecified atom stereocenters. The highest BCUT2D eigenvalue weighted by Crippen LogP contribution is 2.36. The maximum Gasteiger partial charge on any atom is 0.301 e. The summed E-state index contributed by atoms with van der Waals surface area (Å²) >= 11 is 0. The summed E-state index contributed by atoms with van der Waals surface area (Å²) in [5.41, 5.74) is 3.24. The Morgan fingerprint density at radius 3 is 2.52 bits per heavy atom. The fraction of sp³-hybridized carbons (Fsp3) is 0.167. The average Bonchev–Trinajstić information content (AvgIpc) is 3.11. The number of benzene rings is 2. The van der Waals surface area contributed by atoms with Crippen LogP contribution >= 0.6 is 0 Å². The summed E-state index contributed by atoms with van der Waals surface area (Å²) in [6.45, 7) is 0. The number of ether oxygens (including phenoxy) is 1. The molecule has 1 heterocycles. The van der Waals surface area contributed by atoms with Crippen molar-refractivity contribution >= 4 is 11.4 Å². The van der Waals surface area contributed by atoms with Gasteiger partial charge >= 0.3 is 5.69 Å². The number of nitro benzene ring substituents is 2. The number of aromatic nitrogens is 2. The van der Waals surface area contributed by atoms with Crippen LogP contribution < -0.4 is 4.74 Å². The number of nitro groups is 2. The SMILES string of the molecule is COc1ccc2c(c1)-c1nn(-c3ccc([N+](=O)[O-])cc3[N+](=O)[O-])cc1CC2. The molecule has 0 bridgehead atoms. The van der Waals surface area contributed by atoms with Crippen LogP contribution in [-0.4, -0.2) is 26.7 Å². The molecular formula is C18H14N4O5. The zero-order valence-electron chi connectivity index (χ0n) is 14.3. The molecule has 0 fully saturated rings. The lowest BCUT2D eigenvalue weighted by atomic mass is 9.90. The van der Waals surface area contributed by atoms with Crippen molar-refractivity contribution in [3.8, 4) is 22.7 Å². The zero-order valence-corrected chi connectivity index (χ0v) is 14.3. The lowest BCUT2D eigenvalue weighted by Crippen LogP contribution is -2.03. The van der Waals surface area contributed by atoms with E-state index in [1.54, 1.807) is 13.3 Å². The Bertz CT molecular complexity index is 1090. The number of nitrogens with zero attached hydrogens (tertiary/aromatic N) is 4. The molecule has 1 aliphatic rings. The van der Waals surface area contributed by atoms with E-state index in [2.05, 4.69) is 5.10 Å². The zero-order chi connectivity index (χ0) is 19.1.